The van der Waals surface area contributed by atoms with Crippen LogP contribution < -0.4 is 5.56 Å². The van der Waals surface area contributed by atoms with Crippen molar-refractivity contribution in [1.82, 2.24) is 4.57 Å². The maximum atomic E-state index is 11.6. The lowest BCUT2D eigenvalue weighted by Crippen LogP contribution is -2.22. The van der Waals surface area contributed by atoms with Crippen LogP contribution in [0.5, 0.6) is 0 Å². The van der Waals surface area contributed by atoms with Gasteiger partial charge in [0.15, 0.2) is 0 Å². The lowest BCUT2D eigenvalue weighted by atomic mass is 9.79. The second kappa shape index (κ2) is 4.86. The zero-order valence-corrected chi connectivity index (χ0v) is 10.5. The van der Waals surface area contributed by atoms with Gasteiger partial charge in [0.05, 0.1) is 0 Å². The van der Waals surface area contributed by atoms with E-state index in [4.69, 9.17) is 0 Å². The number of hydrogen-bond acceptors (Lipinski definition) is 2. The van der Waals surface area contributed by atoms with Gasteiger partial charge >= 0.3 is 0 Å². The Morgan fingerprint density at radius 3 is 2.82 bits per heavy atom. The van der Waals surface area contributed by atoms with Gasteiger partial charge in [-0.3, -0.25) is 4.79 Å². The standard InChI is InChI=1S/C14H19NO2/c1-10-6-13(8-15(2)14(10)17)12-5-3-4-11(7-12)9-16/h6,8-9,11-12H,3-5,7H2,1-2H3. The van der Waals surface area contributed by atoms with Crippen LogP contribution in [0.25, 0.3) is 0 Å². The van der Waals surface area contributed by atoms with Gasteiger partial charge in [-0.1, -0.05) is 6.42 Å². The van der Waals surface area contributed by atoms with Crippen molar-refractivity contribution in [2.24, 2.45) is 13.0 Å². The number of rotatable bonds is 2. The predicted molar refractivity (Wildman–Crippen MR) is 67.2 cm³/mol. The highest BCUT2D eigenvalue weighted by molar-refractivity contribution is 5.54. The third kappa shape index (κ3) is 2.48. The van der Waals surface area contributed by atoms with Crippen LogP contribution in [0.1, 0.15) is 42.7 Å². The van der Waals surface area contributed by atoms with E-state index in [1.54, 1.807) is 11.6 Å². The maximum absolute atomic E-state index is 11.6. The van der Waals surface area contributed by atoms with Crippen LogP contribution in [0, 0.1) is 12.8 Å². The van der Waals surface area contributed by atoms with E-state index in [2.05, 4.69) is 0 Å². The summed E-state index contributed by atoms with van der Waals surface area (Å²) in [6.07, 6.45) is 7.19. The highest BCUT2D eigenvalue weighted by Gasteiger charge is 2.23. The summed E-state index contributed by atoms with van der Waals surface area (Å²) in [6, 6.07) is 1.99. The summed E-state index contributed by atoms with van der Waals surface area (Å²) in [5, 5.41) is 0. The first kappa shape index (κ1) is 12.1. The molecular formula is C14H19NO2. The Labute approximate surface area is 101 Å². The molecule has 0 aromatic carbocycles. The molecular weight excluding hydrogens is 214 g/mol. The number of aryl methyl sites for hydroxylation is 2. The van der Waals surface area contributed by atoms with Crippen LogP contribution >= 0.6 is 0 Å². The van der Waals surface area contributed by atoms with E-state index in [0.29, 0.717) is 5.92 Å². The molecule has 1 heterocycles. The monoisotopic (exact) mass is 233 g/mol. The van der Waals surface area contributed by atoms with Gasteiger partial charge in [-0.15, -0.1) is 0 Å². The third-order valence-corrected chi connectivity index (χ3v) is 3.76. The Bertz CT molecular complexity index is 449. The predicted octanol–water partition coefficient (Wildman–Crippen LogP) is 2.17. The highest BCUT2D eigenvalue weighted by Crippen LogP contribution is 2.35. The minimum atomic E-state index is 0.0662. The zero-order valence-electron chi connectivity index (χ0n) is 10.5. The molecule has 2 atom stereocenters. The minimum Gasteiger partial charge on any atom is -0.318 e. The second-order valence-electron chi connectivity index (χ2n) is 5.13. The summed E-state index contributed by atoms with van der Waals surface area (Å²) in [5.74, 6) is 0.635. The SMILES string of the molecule is Cc1cc(C2CCCC(C=O)C2)cn(C)c1=O. The van der Waals surface area contributed by atoms with E-state index in [1.165, 1.54) is 5.56 Å². The molecule has 0 N–H and O–H groups in total. The molecule has 0 saturated heterocycles. The molecule has 1 saturated carbocycles. The van der Waals surface area contributed by atoms with Gasteiger partial charge in [0, 0.05) is 24.7 Å². The minimum absolute atomic E-state index is 0.0662. The lowest BCUT2D eigenvalue weighted by Gasteiger charge is -2.26. The van der Waals surface area contributed by atoms with Crippen molar-refractivity contribution < 1.29 is 4.79 Å². The van der Waals surface area contributed by atoms with Gasteiger partial charge < -0.3 is 9.36 Å². The molecule has 3 heteroatoms. The average molecular weight is 233 g/mol. The maximum Gasteiger partial charge on any atom is 0.253 e. The molecule has 17 heavy (non-hydrogen) atoms. The van der Waals surface area contributed by atoms with Crippen molar-refractivity contribution in [3.63, 3.8) is 0 Å². The summed E-state index contributed by atoms with van der Waals surface area (Å²) in [6.45, 7) is 1.85. The summed E-state index contributed by atoms with van der Waals surface area (Å²) in [5.41, 5.74) is 2.06. The number of carbonyl (C=O) groups is 1. The fourth-order valence-corrected chi connectivity index (χ4v) is 2.79. The number of hydrogen-bond donors (Lipinski definition) is 0. The van der Waals surface area contributed by atoms with Crippen molar-refractivity contribution in [2.45, 2.75) is 38.5 Å². The third-order valence-electron chi connectivity index (χ3n) is 3.76. The normalized spacial score (nSPS) is 24.6. The van der Waals surface area contributed by atoms with Crippen LogP contribution in [0.15, 0.2) is 17.1 Å². The Kier molecular flexibility index (Phi) is 3.46. The second-order valence-corrected chi connectivity index (χ2v) is 5.13. The van der Waals surface area contributed by atoms with Gasteiger partial charge in [-0.05, 0) is 43.7 Å². The van der Waals surface area contributed by atoms with E-state index in [9.17, 15) is 9.59 Å². The van der Waals surface area contributed by atoms with Gasteiger partial charge in [0.2, 0.25) is 0 Å². The van der Waals surface area contributed by atoms with Gasteiger partial charge in [0.25, 0.3) is 5.56 Å². The quantitative estimate of drug-likeness (QED) is 0.734. The number of nitrogens with zero attached hydrogens (tertiary/aromatic N) is 1. The number of pyridine rings is 1. The van der Waals surface area contributed by atoms with E-state index < -0.39 is 0 Å². The Hall–Kier alpha value is -1.38. The fourth-order valence-electron chi connectivity index (χ4n) is 2.79. The Balaban J connectivity index is 2.28. The Morgan fingerprint density at radius 2 is 2.18 bits per heavy atom. The number of aromatic nitrogens is 1. The molecule has 92 valence electrons. The first-order valence-corrected chi connectivity index (χ1v) is 6.24. The molecule has 2 rings (SSSR count). The van der Waals surface area contributed by atoms with E-state index >= 15 is 0 Å². The van der Waals surface area contributed by atoms with Crippen molar-refractivity contribution in [2.75, 3.05) is 0 Å². The fraction of sp³-hybridized carbons (Fsp3) is 0.571. The number of carbonyl (C=O) groups excluding carboxylic acids is 1. The number of aldehydes is 1. The van der Waals surface area contributed by atoms with Gasteiger partial charge in [0.1, 0.15) is 6.29 Å². The molecule has 3 nitrogen and oxygen atoms in total. The first-order chi connectivity index (χ1) is 8.11. The molecule has 1 aromatic rings. The summed E-state index contributed by atoms with van der Waals surface area (Å²) in [4.78, 5) is 22.5. The molecule has 0 bridgehead atoms. The van der Waals surface area contributed by atoms with Gasteiger partial charge in [-0.2, -0.15) is 0 Å². The Morgan fingerprint density at radius 1 is 1.41 bits per heavy atom. The van der Waals surface area contributed by atoms with E-state index in [-0.39, 0.29) is 11.5 Å². The van der Waals surface area contributed by atoms with Crippen LogP contribution in [-0.4, -0.2) is 10.9 Å². The highest BCUT2D eigenvalue weighted by atomic mass is 16.1. The smallest absolute Gasteiger partial charge is 0.253 e. The van der Waals surface area contributed by atoms with Crippen LogP contribution in [-0.2, 0) is 11.8 Å². The summed E-state index contributed by atoms with van der Waals surface area (Å²) in [7, 11) is 1.79. The molecule has 0 aliphatic heterocycles. The van der Waals surface area contributed by atoms with Crippen LogP contribution in [0.4, 0.5) is 0 Å². The van der Waals surface area contributed by atoms with Crippen LogP contribution in [0.3, 0.4) is 0 Å². The molecule has 0 spiro atoms. The zero-order chi connectivity index (χ0) is 12.4. The van der Waals surface area contributed by atoms with Crippen LogP contribution in [0.2, 0.25) is 0 Å². The molecule has 1 aliphatic carbocycles. The van der Waals surface area contributed by atoms with Crippen molar-refractivity contribution in [3.8, 4) is 0 Å². The van der Waals surface area contributed by atoms with E-state index in [1.807, 2.05) is 19.2 Å². The lowest BCUT2D eigenvalue weighted by molar-refractivity contribution is -0.112. The molecule has 0 amide bonds. The molecule has 0 radical (unpaired) electrons. The molecule has 2 unspecified atom stereocenters. The van der Waals surface area contributed by atoms with Gasteiger partial charge in [-0.25, -0.2) is 0 Å². The summed E-state index contributed by atoms with van der Waals surface area (Å²) < 4.78 is 1.65. The molecule has 1 aliphatic rings. The van der Waals surface area contributed by atoms with Crippen molar-refractivity contribution in [1.29, 1.82) is 0 Å². The van der Waals surface area contributed by atoms with E-state index in [0.717, 1.165) is 37.5 Å². The van der Waals surface area contributed by atoms with Crippen molar-refractivity contribution in [3.05, 3.63) is 33.7 Å². The molecule has 1 fully saturated rings. The topological polar surface area (TPSA) is 39.1 Å². The molecule has 1 aromatic heterocycles. The van der Waals surface area contributed by atoms with Crippen molar-refractivity contribution >= 4 is 6.29 Å². The average Bonchev–Trinajstić information content (AvgIpc) is 2.35. The first-order valence-electron chi connectivity index (χ1n) is 6.24. The largest absolute Gasteiger partial charge is 0.318 e. The summed E-state index contributed by atoms with van der Waals surface area (Å²) >= 11 is 0.